The lowest BCUT2D eigenvalue weighted by atomic mass is 9.97. The number of carbonyl (C=O) groups excluding carboxylic acids is 1. The molecule has 0 saturated heterocycles. The average molecular weight is 286 g/mol. The van der Waals surface area contributed by atoms with Crippen molar-refractivity contribution in [3.63, 3.8) is 0 Å². The summed E-state index contributed by atoms with van der Waals surface area (Å²) >= 11 is 1.70. The highest BCUT2D eigenvalue weighted by Gasteiger charge is 2.23. The molecule has 104 valence electrons. The number of carbonyl (C=O) groups is 1. The predicted molar refractivity (Wildman–Crippen MR) is 83.3 cm³/mol. The van der Waals surface area contributed by atoms with E-state index in [-0.39, 0.29) is 5.91 Å². The molecule has 0 saturated carbocycles. The van der Waals surface area contributed by atoms with Crippen LogP contribution in [0, 0.1) is 0 Å². The zero-order valence-electron chi connectivity index (χ0n) is 11.3. The number of thiophene rings is 1. The van der Waals surface area contributed by atoms with Gasteiger partial charge in [0.05, 0.1) is 0 Å². The summed E-state index contributed by atoms with van der Waals surface area (Å²) in [6, 6.07) is 10.3. The molecular weight excluding hydrogens is 268 g/mol. The van der Waals surface area contributed by atoms with Crippen LogP contribution in [0.15, 0.2) is 41.1 Å². The van der Waals surface area contributed by atoms with Crippen molar-refractivity contribution < 1.29 is 4.79 Å². The first kappa shape index (κ1) is 13.2. The van der Waals surface area contributed by atoms with Gasteiger partial charge in [0, 0.05) is 31.1 Å². The second kappa shape index (κ2) is 6.09. The summed E-state index contributed by atoms with van der Waals surface area (Å²) in [5, 5.41) is 10.6. The van der Waals surface area contributed by atoms with E-state index in [2.05, 4.69) is 39.6 Å². The van der Waals surface area contributed by atoms with Crippen molar-refractivity contribution in [1.29, 1.82) is 0 Å². The Hall–Kier alpha value is -1.81. The zero-order valence-corrected chi connectivity index (χ0v) is 12.1. The van der Waals surface area contributed by atoms with E-state index >= 15 is 0 Å². The van der Waals surface area contributed by atoms with Crippen molar-refractivity contribution in [1.82, 2.24) is 5.32 Å². The average Bonchev–Trinajstić information content (AvgIpc) is 3.09. The summed E-state index contributed by atoms with van der Waals surface area (Å²) in [7, 11) is 0. The van der Waals surface area contributed by atoms with Crippen LogP contribution in [0.1, 0.15) is 23.5 Å². The summed E-state index contributed by atoms with van der Waals surface area (Å²) in [4.78, 5) is 12.0. The van der Waals surface area contributed by atoms with E-state index in [1.54, 1.807) is 11.3 Å². The maximum atomic E-state index is 12.0. The lowest BCUT2D eigenvalue weighted by Crippen LogP contribution is -2.27. The Balaban J connectivity index is 1.48. The molecule has 0 radical (unpaired) electrons. The van der Waals surface area contributed by atoms with Gasteiger partial charge in [-0.2, -0.15) is 11.3 Å². The van der Waals surface area contributed by atoms with Gasteiger partial charge >= 0.3 is 0 Å². The number of hydrogen-bond donors (Lipinski definition) is 2. The number of hydrogen-bond acceptors (Lipinski definition) is 3. The quantitative estimate of drug-likeness (QED) is 0.887. The molecule has 1 aliphatic rings. The number of nitrogens with one attached hydrogen (secondary N) is 2. The van der Waals surface area contributed by atoms with Crippen LogP contribution in [-0.2, 0) is 11.2 Å². The molecule has 2 heterocycles. The largest absolute Gasteiger partial charge is 0.384 e. The molecule has 0 aliphatic carbocycles. The second-order valence-corrected chi connectivity index (χ2v) is 5.88. The van der Waals surface area contributed by atoms with Crippen LogP contribution in [0.2, 0.25) is 0 Å². The highest BCUT2D eigenvalue weighted by Crippen LogP contribution is 2.32. The van der Waals surface area contributed by atoms with Crippen molar-refractivity contribution in [3.8, 4) is 0 Å². The molecule has 1 atom stereocenters. The number of fused-ring (bicyclic) bond motifs is 1. The van der Waals surface area contributed by atoms with Gasteiger partial charge in [0.2, 0.25) is 5.91 Å². The van der Waals surface area contributed by atoms with Crippen LogP contribution in [0.3, 0.4) is 0 Å². The summed E-state index contributed by atoms with van der Waals surface area (Å²) in [6.07, 6.45) is 1.47. The molecule has 1 aliphatic heterocycles. The van der Waals surface area contributed by atoms with E-state index in [0.29, 0.717) is 12.3 Å². The van der Waals surface area contributed by atoms with Crippen molar-refractivity contribution in [2.75, 3.05) is 18.4 Å². The van der Waals surface area contributed by atoms with Gasteiger partial charge in [-0.15, -0.1) is 0 Å². The SMILES string of the molecule is O=C(CC1CNc2ccccc21)NCCc1ccsc1. The minimum atomic E-state index is 0.142. The molecule has 1 unspecified atom stereocenters. The fourth-order valence-electron chi connectivity index (χ4n) is 2.62. The van der Waals surface area contributed by atoms with Crippen LogP contribution in [0.25, 0.3) is 0 Å². The fraction of sp³-hybridized carbons (Fsp3) is 0.312. The lowest BCUT2D eigenvalue weighted by molar-refractivity contribution is -0.121. The molecule has 20 heavy (non-hydrogen) atoms. The maximum absolute atomic E-state index is 12.0. The third kappa shape index (κ3) is 3.02. The normalized spacial score (nSPS) is 16.5. The second-order valence-electron chi connectivity index (χ2n) is 5.10. The summed E-state index contributed by atoms with van der Waals surface area (Å²) in [5.74, 6) is 0.441. The van der Waals surface area contributed by atoms with E-state index in [9.17, 15) is 4.79 Å². The van der Waals surface area contributed by atoms with Crippen LogP contribution >= 0.6 is 11.3 Å². The van der Waals surface area contributed by atoms with Gasteiger partial charge in [-0.25, -0.2) is 0 Å². The summed E-state index contributed by atoms with van der Waals surface area (Å²) < 4.78 is 0. The number of benzene rings is 1. The first-order chi connectivity index (χ1) is 9.83. The van der Waals surface area contributed by atoms with Gasteiger partial charge in [0.15, 0.2) is 0 Å². The molecule has 1 aromatic carbocycles. The van der Waals surface area contributed by atoms with Crippen molar-refractivity contribution in [3.05, 3.63) is 52.2 Å². The molecule has 0 spiro atoms. The van der Waals surface area contributed by atoms with E-state index in [0.717, 1.165) is 19.5 Å². The van der Waals surface area contributed by atoms with Crippen LogP contribution in [0.4, 0.5) is 5.69 Å². The lowest BCUT2D eigenvalue weighted by Gasteiger charge is -2.10. The van der Waals surface area contributed by atoms with Crippen LogP contribution in [0.5, 0.6) is 0 Å². The first-order valence-corrected chi connectivity index (χ1v) is 7.88. The molecule has 3 rings (SSSR count). The molecule has 3 nitrogen and oxygen atoms in total. The molecule has 0 bridgehead atoms. The third-order valence-corrected chi connectivity index (χ3v) is 4.42. The molecule has 1 amide bonds. The Labute approximate surface area is 123 Å². The highest BCUT2D eigenvalue weighted by atomic mass is 32.1. The first-order valence-electron chi connectivity index (χ1n) is 6.93. The minimum Gasteiger partial charge on any atom is -0.384 e. The molecule has 4 heteroatoms. The number of para-hydroxylation sites is 1. The van der Waals surface area contributed by atoms with E-state index in [1.807, 2.05) is 12.1 Å². The van der Waals surface area contributed by atoms with Gasteiger partial charge in [-0.1, -0.05) is 18.2 Å². The topological polar surface area (TPSA) is 41.1 Å². The molecule has 2 aromatic rings. The predicted octanol–water partition coefficient (Wildman–Crippen LogP) is 3.01. The fourth-order valence-corrected chi connectivity index (χ4v) is 3.32. The summed E-state index contributed by atoms with van der Waals surface area (Å²) in [5.41, 5.74) is 3.73. The minimum absolute atomic E-state index is 0.142. The number of rotatable bonds is 5. The molecule has 2 N–H and O–H groups in total. The Bertz CT molecular complexity index is 580. The Morgan fingerprint density at radius 1 is 1.35 bits per heavy atom. The van der Waals surface area contributed by atoms with Crippen molar-refractivity contribution >= 4 is 22.9 Å². The number of anilines is 1. The van der Waals surface area contributed by atoms with Crippen LogP contribution in [-0.4, -0.2) is 19.0 Å². The molecular formula is C16H18N2OS. The van der Waals surface area contributed by atoms with E-state index < -0.39 is 0 Å². The van der Waals surface area contributed by atoms with Gasteiger partial charge < -0.3 is 10.6 Å². The van der Waals surface area contributed by atoms with Gasteiger partial charge in [0.1, 0.15) is 0 Å². The van der Waals surface area contributed by atoms with E-state index in [1.165, 1.54) is 16.8 Å². The monoisotopic (exact) mass is 286 g/mol. The standard InChI is InChI=1S/C16H18N2OS/c19-16(17-7-5-12-6-8-20-11-12)9-13-10-18-15-4-2-1-3-14(13)15/h1-4,6,8,11,13,18H,5,7,9-10H2,(H,17,19). The van der Waals surface area contributed by atoms with Crippen molar-refractivity contribution in [2.45, 2.75) is 18.8 Å². The highest BCUT2D eigenvalue weighted by molar-refractivity contribution is 7.07. The van der Waals surface area contributed by atoms with E-state index in [4.69, 9.17) is 0 Å². The molecule has 1 aromatic heterocycles. The van der Waals surface area contributed by atoms with Crippen molar-refractivity contribution in [2.24, 2.45) is 0 Å². The van der Waals surface area contributed by atoms with Gasteiger partial charge in [-0.3, -0.25) is 4.79 Å². The van der Waals surface area contributed by atoms with Gasteiger partial charge in [-0.05, 0) is 40.4 Å². The third-order valence-electron chi connectivity index (χ3n) is 3.69. The molecule has 0 fully saturated rings. The summed E-state index contributed by atoms with van der Waals surface area (Å²) in [6.45, 7) is 1.58. The zero-order chi connectivity index (χ0) is 13.8. The maximum Gasteiger partial charge on any atom is 0.220 e. The van der Waals surface area contributed by atoms with Crippen LogP contribution < -0.4 is 10.6 Å². The Kier molecular flexibility index (Phi) is 4.02. The van der Waals surface area contributed by atoms with Gasteiger partial charge in [0.25, 0.3) is 0 Å². The smallest absolute Gasteiger partial charge is 0.220 e. The Morgan fingerprint density at radius 2 is 2.25 bits per heavy atom. The Morgan fingerprint density at radius 3 is 3.10 bits per heavy atom. The number of amides is 1.